The van der Waals surface area contributed by atoms with E-state index in [-0.39, 0.29) is 6.10 Å². The maximum Gasteiger partial charge on any atom is 0.0576 e. The number of piperidine rings is 1. The molecule has 0 saturated carbocycles. The van der Waals surface area contributed by atoms with E-state index < -0.39 is 0 Å². The van der Waals surface area contributed by atoms with Gasteiger partial charge in [0.2, 0.25) is 0 Å². The molecule has 0 aromatic rings. The Kier molecular flexibility index (Phi) is 3.69. The first-order valence-electron chi connectivity index (χ1n) is 7.38. The van der Waals surface area contributed by atoms with Gasteiger partial charge in [0.25, 0.3) is 0 Å². The van der Waals surface area contributed by atoms with E-state index in [9.17, 15) is 5.11 Å². The second kappa shape index (κ2) is 5.25. The van der Waals surface area contributed by atoms with Crippen molar-refractivity contribution in [2.75, 3.05) is 13.2 Å². The minimum absolute atomic E-state index is 0.0260. The number of aliphatic hydroxyl groups is 1. The van der Waals surface area contributed by atoms with E-state index in [0.29, 0.717) is 18.2 Å². The van der Waals surface area contributed by atoms with Crippen molar-refractivity contribution < 1.29 is 9.84 Å². The van der Waals surface area contributed by atoms with E-state index in [1.54, 1.807) is 0 Å². The molecule has 0 aromatic heterocycles. The van der Waals surface area contributed by atoms with Gasteiger partial charge in [-0.25, -0.2) is 0 Å². The van der Waals surface area contributed by atoms with Gasteiger partial charge in [0.05, 0.1) is 12.2 Å². The third-order valence-electron chi connectivity index (χ3n) is 4.83. The maximum absolute atomic E-state index is 9.76. The van der Waals surface area contributed by atoms with E-state index in [1.165, 1.54) is 45.1 Å². The van der Waals surface area contributed by atoms with Crippen molar-refractivity contribution >= 4 is 0 Å². The third kappa shape index (κ3) is 2.67. The Hall–Kier alpha value is -0.120. The molecule has 3 heteroatoms. The average molecular weight is 239 g/mol. The van der Waals surface area contributed by atoms with E-state index in [0.717, 1.165) is 19.4 Å². The zero-order valence-electron chi connectivity index (χ0n) is 10.7. The van der Waals surface area contributed by atoms with Crippen LogP contribution in [-0.2, 0) is 4.74 Å². The Morgan fingerprint density at radius 3 is 2.53 bits per heavy atom. The molecule has 3 nitrogen and oxygen atoms in total. The van der Waals surface area contributed by atoms with Gasteiger partial charge in [0.1, 0.15) is 0 Å². The number of hydrogen-bond donors (Lipinski definition) is 1. The molecule has 0 aliphatic carbocycles. The van der Waals surface area contributed by atoms with Crippen molar-refractivity contribution in [3.05, 3.63) is 0 Å². The molecule has 3 atom stereocenters. The Balaban J connectivity index is 1.43. The highest BCUT2D eigenvalue weighted by Crippen LogP contribution is 2.35. The fourth-order valence-electron chi connectivity index (χ4n) is 3.98. The fourth-order valence-corrected chi connectivity index (χ4v) is 3.98. The van der Waals surface area contributed by atoms with Crippen LogP contribution < -0.4 is 0 Å². The summed E-state index contributed by atoms with van der Waals surface area (Å²) in [6.07, 6.45) is 10.2. The third-order valence-corrected chi connectivity index (χ3v) is 4.83. The minimum atomic E-state index is -0.0260. The van der Waals surface area contributed by atoms with Crippen LogP contribution in [0.1, 0.15) is 51.4 Å². The van der Waals surface area contributed by atoms with Crippen molar-refractivity contribution in [2.45, 2.75) is 75.7 Å². The Morgan fingerprint density at radius 1 is 1.12 bits per heavy atom. The second-order valence-corrected chi connectivity index (χ2v) is 6.03. The molecule has 3 aliphatic heterocycles. The Bertz CT molecular complexity index is 239. The summed E-state index contributed by atoms with van der Waals surface area (Å²) in [4.78, 5) is 2.67. The van der Waals surface area contributed by atoms with Crippen LogP contribution in [-0.4, -0.2) is 47.4 Å². The molecule has 0 radical (unpaired) electrons. The summed E-state index contributed by atoms with van der Waals surface area (Å²) in [7, 11) is 0. The van der Waals surface area contributed by atoms with Gasteiger partial charge in [-0.1, -0.05) is 0 Å². The highest BCUT2D eigenvalue weighted by molar-refractivity contribution is 4.95. The number of ether oxygens (including phenoxy) is 1. The molecular formula is C14H25NO2. The lowest BCUT2D eigenvalue weighted by atomic mass is 9.99. The zero-order chi connectivity index (χ0) is 11.7. The first-order valence-corrected chi connectivity index (χ1v) is 7.38. The normalized spacial score (nSPS) is 42.2. The standard InChI is InChI=1S/C14H25NO2/c16-13-9-11-5-6-12(10-13)15(11)7-1-3-14-4-2-8-17-14/h11-14,16H,1-10H2. The number of rotatable bonds is 4. The summed E-state index contributed by atoms with van der Waals surface area (Å²) < 4.78 is 5.67. The Labute approximate surface area is 104 Å². The Morgan fingerprint density at radius 2 is 1.88 bits per heavy atom. The average Bonchev–Trinajstić information content (AvgIpc) is 2.88. The fraction of sp³-hybridized carbons (Fsp3) is 1.00. The first kappa shape index (κ1) is 11.9. The first-order chi connectivity index (χ1) is 8.33. The minimum Gasteiger partial charge on any atom is -0.393 e. The largest absolute Gasteiger partial charge is 0.393 e. The van der Waals surface area contributed by atoms with Crippen molar-refractivity contribution in [3.63, 3.8) is 0 Å². The maximum atomic E-state index is 9.76. The van der Waals surface area contributed by atoms with Crippen LogP contribution in [0.5, 0.6) is 0 Å². The predicted molar refractivity (Wildman–Crippen MR) is 67.0 cm³/mol. The molecule has 3 fully saturated rings. The molecular weight excluding hydrogens is 214 g/mol. The summed E-state index contributed by atoms with van der Waals surface area (Å²) in [5.74, 6) is 0. The SMILES string of the molecule is OC1CC2CCC(C1)N2CCCC1CCCO1. The molecule has 3 rings (SSSR count). The van der Waals surface area contributed by atoms with Gasteiger partial charge in [-0.05, 0) is 57.9 Å². The molecule has 0 spiro atoms. The molecule has 3 unspecified atom stereocenters. The van der Waals surface area contributed by atoms with E-state index in [1.807, 2.05) is 0 Å². The van der Waals surface area contributed by atoms with Crippen molar-refractivity contribution in [3.8, 4) is 0 Å². The topological polar surface area (TPSA) is 32.7 Å². The lowest BCUT2D eigenvalue weighted by Crippen LogP contribution is -2.45. The number of nitrogens with zero attached hydrogens (tertiary/aromatic N) is 1. The van der Waals surface area contributed by atoms with Crippen LogP contribution in [0.25, 0.3) is 0 Å². The molecule has 17 heavy (non-hydrogen) atoms. The highest BCUT2D eigenvalue weighted by atomic mass is 16.5. The van der Waals surface area contributed by atoms with Gasteiger partial charge < -0.3 is 9.84 Å². The summed E-state index contributed by atoms with van der Waals surface area (Å²) >= 11 is 0. The van der Waals surface area contributed by atoms with E-state index >= 15 is 0 Å². The second-order valence-electron chi connectivity index (χ2n) is 6.03. The van der Waals surface area contributed by atoms with Crippen LogP contribution in [0.2, 0.25) is 0 Å². The molecule has 3 heterocycles. The van der Waals surface area contributed by atoms with E-state index in [2.05, 4.69) is 4.90 Å². The summed E-state index contributed by atoms with van der Waals surface area (Å²) in [6, 6.07) is 1.35. The smallest absolute Gasteiger partial charge is 0.0576 e. The molecule has 1 N–H and O–H groups in total. The van der Waals surface area contributed by atoms with Gasteiger partial charge in [0, 0.05) is 18.7 Å². The molecule has 0 aromatic carbocycles. The quantitative estimate of drug-likeness (QED) is 0.813. The highest BCUT2D eigenvalue weighted by Gasteiger charge is 2.39. The lowest BCUT2D eigenvalue weighted by molar-refractivity contribution is 0.0310. The van der Waals surface area contributed by atoms with Gasteiger partial charge in [-0.3, -0.25) is 4.90 Å². The van der Waals surface area contributed by atoms with E-state index in [4.69, 9.17) is 4.74 Å². The van der Waals surface area contributed by atoms with Crippen molar-refractivity contribution in [2.24, 2.45) is 0 Å². The lowest BCUT2D eigenvalue weighted by Gasteiger charge is -2.37. The molecule has 2 bridgehead atoms. The van der Waals surface area contributed by atoms with Gasteiger partial charge in [0.15, 0.2) is 0 Å². The van der Waals surface area contributed by atoms with Gasteiger partial charge in [-0.2, -0.15) is 0 Å². The van der Waals surface area contributed by atoms with Crippen LogP contribution >= 0.6 is 0 Å². The monoisotopic (exact) mass is 239 g/mol. The van der Waals surface area contributed by atoms with Crippen LogP contribution in [0, 0.1) is 0 Å². The molecule has 0 amide bonds. The molecule has 3 saturated heterocycles. The predicted octanol–water partition coefficient (Wildman–Crippen LogP) is 1.93. The summed E-state index contributed by atoms with van der Waals surface area (Å²) in [5.41, 5.74) is 0. The van der Waals surface area contributed by atoms with Crippen LogP contribution in [0.3, 0.4) is 0 Å². The van der Waals surface area contributed by atoms with Crippen LogP contribution in [0.4, 0.5) is 0 Å². The van der Waals surface area contributed by atoms with Crippen molar-refractivity contribution in [1.29, 1.82) is 0 Å². The number of fused-ring (bicyclic) bond motifs is 2. The van der Waals surface area contributed by atoms with Crippen LogP contribution in [0.15, 0.2) is 0 Å². The van der Waals surface area contributed by atoms with Gasteiger partial charge in [-0.15, -0.1) is 0 Å². The summed E-state index contributed by atoms with van der Waals surface area (Å²) in [5, 5.41) is 9.76. The van der Waals surface area contributed by atoms with Crippen molar-refractivity contribution in [1.82, 2.24) is 4.90 Å². The number of hydrogen-bond acceptors (Lipinski definition) is 3. The summed E-state index contributed by atoms with van der Waals surface area (Å²) in [6.45, 7) is 2.20. The zero-order valence-corrected chi connectivity index (χ0v) is 10.7. The number of aliphatic hydroxyl groups excluding tert-OH is 1. The van der Waals surface area contributed by atoms with Gasteiger partial charge >= 0.3 is 0 Å². The molecule has 98 valence electrons. The molecule has 3 aliphatic rings.